The van der Waals surface area contributed by atoms with Gasteiger partial charge in [-0.05, 0) is 24.6 Å². The monoisotopic (exact) mass is 250 g/mol. The molecule has 0 heterocycles. The van der Waals surface area contributed by atoms with Crippen molar-refractivity contribution < 1.29 is 27.1 Å². The number of carbonyl (C=O) groups is 1. The zero-order valence-corrected chi connectivity index (χ0v) is 8.92. The lowest BCUT2D eigenvalue weighted by molar-refractivity contribution is -0.140. The van der Waals surface area contributed by atoms with Gasteiger partial charge in [-0.3, -0.25) is 4.79 Å². The molecule has 0 aliphatic rings. The predicted molar refractivity (Wildman–Crippen MR) is 52.2 cm³/mol. The summed E-state index contributed by atoms with van der Waals surface area (Å²) in [6, 6.07) is 2.05. The third kappa shape index (κ3) is 3.44. The molecule has 1 aromatic rings. The van der Waals surface area contributed by atoms with Crippen molar-refractivity contribution in [3.8, 4) is 5.75 Å². The van der Waals surface area contributed by atoms with Crippen molar-refractivity contribution in [2.75, 3.05) is 0 Å². The summed E-state index contributed by atoms with van der Waals surface area (Å²) in [5.74, 6) is -1.55. The largest absolute Gasteiger partial charge is 0.482 e. The van der Waals surface area contributed by atoms with Gasteiger partial charge in [0.1, 0.15) is 17.1 Å². The zero-order valence-electron chi connectivity index (χ0n) is 8.92. The number of hydrogen-bond donors (Lipinski definition) is 0. The van der Waals surface area contributed by atoms with Gasteiger partial charge in [0, 0.05) is 0 Å². The predicted octanol–water partition coefficient (Wildman–Crippen LogP) is 3.20. The summed E-state index contributed by atoms with van der Waals surface area (Å²) in [5.41, 5.74) is -1.22. The summed E-state index contributed by atoms with van der Waals surface area (Å²) in [7, 11) is 0. The first-order valence-corrected chi connectivity index (χ1v) is 4.87. The molecular formula is C11H10F4O2. The van der Waals surface area contributed by atoms with Crippen LogP contribution < -0.4 is 4.74 Å². The standard InChI is InChI=1S/C11H10F4O2/c1-2-8(6-16)17-10-4-3-7(12)5-9(10)11(13,14)15/h3-6,8H,2H2,1H3. The molecule has 1 aromatic carbocycles. The van der Waals surface area contributed by atoms with Gasteiger partial charge in [0.05, 0.1) is 0 Å². The smallest absolute Gasteiger partial charge is 0.420 e. The first-order chi connectivity index (χ1) is 7.88. The third-order valence-electron chi connectivity index (χ3n) is 2.08. The first kappa shape index (κ1) is 13.5. The molecule has 0 bridgehead atoms. The van der Waals surface area contributed by atoms with Crippen LogP contribution in [0.15, 0.2) is 18.2 Å². The topological polar surface area (TPSA) is 26.3 Å². The van der Waals surface area contributed by atoms with Crippen molar-refractivity contribution in [3.05, 3.63) is 29.6 Å². The summed E-state index contributed by atoms with van der Waals surface area (Å²) < 4.78 is 55.3. The minimum Gasteiger partial charge on any atom is -0.482 e. The Kier molecular flexibility index (Phi) is 4.09. The molecule has 0 aliphatic carbocycles. The maximum atomic E-state index is 12.8. The molecule has 0 aliphatic heterocycles. The van der Waals surface area contributed by atoms with E-state index in [0.29, 0.717) is 12.4 Å². The highest BCUT2D eigenvalue weighted by atomic mass is 19.4. The molecule has 0 fully saturated rings. The van der Waals surface area contributed by atoms with E-state index in [4.69, 9.17) is 4.74 Å². The van der Waals surface area contributed by atoms with Gasteiger partial charge in [0.25, 0.3) is 0 Å². The minimum absolute atomic E-state index is 0.234. The van der Waals surface area contributed by atoms with E-state index in [2.05, 4.69) is 0 Å². The van der Waals surface area contributed by atoms with E-state index in [1.165, 1.54) is 0 Å². The molecule has 1 unspecified atom stereocenters. The number of halogens is 4. The van der Waals surface area contributed by atoms with Crippen LogP contribution in [0.25, 0.3) is 0 Å². The fourth-order valence-corrected chi connectivity index (χ4v) is 1.20. The van der Waals surface area contributed by atoms with Crippen LogP contribution in [0, 0.1) is 5.82 Å². The molecule has 1 atom stereocenters. The lowest BCUT2D eigenvalue weighted by Gasteiger charge is -2.16. The van der Waals surface area contributed by atoms with Crippen LogP contribution in [0.1, 0.15) is 18.9 Å². The van der Waals surface area contributed by atoms with Crippen molar-refractivity contribution in [2.45, 2.75) is 25.6 Å². The Morgan fingerprint density at radius 2 is 2.06 bits per heavy atom. The van der Waals surface area contributed by atoms with E-state index < -0.39 is 29.4 Å². The fourth-order valence-electron chi connectivity index (χ4n) is 1.20. The SMILES string of the molecule is CCC(C=O)Oc1ccc(F)cc1C(F)(F)F. The summed E-state index contributed by atoms with van der Waals surface area (Å²) in [4.78, 5) is 10.5. The van der Waals surface area contributed by atoms with E-state index in [-0.39, 0.29) is 6.42 Å². The maximum Gasteiger partial charge on any atom is 0.420 e. The third-order valence-corrected chi connectivity index (χ3v) is 2.08. The Morgan fingerprint density at radius 1 is 1.41 bits per heavy atom. The van der Waals surface area contributed by atoms with E-state index in [0.717, 1.165) is 12.1 Å². The highest BCUT2D eigenvalue weighted by molar-refractivity contribution is 5.57. The molecule has 0 saturated heterocycles. The molecule has 1 rings (SSSR count). The van der Waals surface area contributed by atoms with Crippen LogP contribution in [0.2, 0.25) is 0 Å². The summed E-state index contributed by atoms with van der Waals surface area (Å²) >= 11 is 0. The van der Waals surface area contributed by atoms with Gasteiger partial charge in [-0.25, -0.2) is 4.39 Å². The van der Waals surface area contributed by atoms with E-state index in [1.807, 2.05) is 0 Å². The number of carbonyl (C=O) groups excluding carboxylic acids is 1. The molecular weight excluding hydrogens is 240 g/mol. The van der Waals surface area contributed by atoms with Crippen LogP contribution in [-0.4, -0.2) is 12.4 Å². The van der Waals surface area contributed by atoms with Crippen molar-refractivity contribution in [1.82, 2.24) is 0 Å². The van der Waals surface area contributed by atoms with Crippen molar-refractivity contribution in [3.63, 3.8) is 0 Å². The number of alkyl halides is 3. The van der Waals surface area contributed by atoms with Crippen LogP contribution in [-0.2, 0) is 11.0 Å². The van der Waals surface area contributed by atoms with Crippen molar-refractivity contribution in [2.24, 2.45) is 0 Å². The average molecular weight is 250 g/mol. The Balaban J connectivity index is 3.10. The summed E-state index contributed by atoms with van der Waals surface area (Å²) in [6.07, 6.45) is -5.05. The van der Waals surface area contributed by atoms with Crippen LogP contribution in [0.3, 0.4) is 0 Å². The molecule has 0 spiro atoms. The quantitative estimate of drug-likeness (QED) is 0.606. The second-order valence-electron chi connectivity index (χ2n) is 3.34. The number of hydrogen-bond acceptors (Lipinski definition) is 2. The Morgan fingerprint density at radius 3 is 2.53 bits per heavy atom. The second-order valence-corrected chi connectivity index (χ2v) is 3.34. The Labute approximate surface area is 95.2 Å². The van der Waals surface area contributed by atoms with E-state index in [9.17, 15) is 22.4 Å². The second kappa shape index (κ2) is 5.16. The van der Waals surface area contributed by atoms with E-state index in [1.54, 1.807) is 6.92 Å². The van der Waals surface area contributed by atoms with Gasteiger partial charge in [0.15, 0.2) is 12.4 Å². The van der Waals surface area contributed by atoms with Crippen LogP contribution >= 0.6 is 0 Å². The maximum absolute atomic E-state index is 12.8. The molecule has 0 aromatic heterocycles. The lowest BCUT2D eigenvalue weighted by atomic mass is 10.2. The van der Waals surface area contributed by atoms with Gasteiger partial charge in [-0.15, -0.1) is 0 Å². The van der Waals surface area contributed by atoms with Gasteiger partial charge in [-0.1, -0.05) is 6.92 Å². The molecule has 0 amide bonds. The van der Waals surface area contributed by atoms with Crippen LogP contribution in [0.5, 0.6) is 5.75 Å². The fraction of sp³-hybridized carbons (Fsp3) is 0.364. The van der Waals surface area contributed by atoms with Gasteiger partial charge in [-0.2, -0.15) is 13.2 Å². The van der Waals surface area contributed by atoms with Crippen molar-refractivity contribution in [1.29, 1.82) is 0 Å². The molecule has 2 nitrogen and oxygen atoms in total. The summed E-state index contributed by atoms with van der Waals surface area (Å²) in [6.45, 7) is 1.59. The summed E-state index contributed by atoms with van der Waals surface area (Å²) in [5, 5.41) is 0. The molecule has 6 heteroatoms. The average Bonchev–Trinajstić information content (AvgIpc) is 2.26. The Bertz CT molecular complexity index is 401. The zero-order chi connectivity index (χ0) is 13.1. The molecule has 94 valence electrons. The molecule has 0 N–H and O–H groups in total. The molecule has 0 saturated carbocycles. The lowest BCUT2D eigenvalue weighted by Crippen LogP contribution is -2.19. The Hall–Kier alpha value is -1.59. The minimum atomic E-state index is -4.72. The van der Waals surface area contributed by atoms with Gasteiger partial charge >= 0.3 is 6.18 Å². The molecule has 17 heavy (non-hydrogen) atoms. The number of ether oxygens (including phenoxy) is 1. The highest BCUT2D eigenvalue weighted by Gasteiger charge is 2.35. The normalized spacial score (nSPS) is 13.2. The molecule has 0 radical (unpaired) electrons. The van der Waals surface area contributed by atoms with Gasteiger partial charge < -0.3 is 4.74 Å². The van der Waals surface area contributed by atoms with Crippen LogP contribution in [0.4, 0.5) is 17.6 Å². The van der Waals surface area contributed by atoms with Gasteiger partial charge in [0.2, 0.25) is 0 Å². The number of rotatable bonds is 4. The number of benzene rings is 1. The van der Waals surface area contributed by atoms with Crippen molar-refractivity contribution >= 4 is 6.29 Å². The highest BCUT2D eigenvalue weighted by Crippen LogP contribution is 2.37. The van der Waals surface area contributed by atoms with E-state index >= 15 is 0 Å². The number of aldehydes is 1. The first-order valence-electron chi connectivity index (χ1n) is 4.87.